The summed E-state index contributed by atoms with van der Waals surface area (Å²) in [6, 6.07) is 28.8. The number of nitrogens with one attached hydrogen (secondary N) is 1. The first-order valence-corrected chi connectivity index (χ1v) is 9.57. The summed E-state index contributed by atoms with van der Waals surface area (Å²) in [6.07, 6.45) is 0.922. The highest BCUT2D eigenvalue weighted by Gasteiger charge is 1.99. The molecule has 3 rings (SSSR count). The molecule has 0 aliphatic carbocycles. The Morgan fingerprint density at radius 3 is 2.11 bits per heavy atom. The van der Waals surface area contributed by atoms with E-state index in [0.29, 0.717) is 25.7 Å². The van der Waals surface area contributed by atoms with Gasteiger partial charge in [-0.05, 0) is 28.7 Å². The van der Waals surface area contributed by atoms with Crippen molar-refractivity contribution in [1.82, 2.24) is 5.32 Å². The normalized spacial score (nSPS) is 11.4. The summed E-state index contributed by atoms with van der Waals surface area (Å²) >= 11 is 0. The number of nitrogens with zero attached hydrogens (tertiary/aromatic N) is 1. The van der Waals surface area contributed by atoms with Gasteiger partial charge in [0.05, 0.1) is 19.8 Å². The van der Waals surface area contributed by atoms with Gasteiger partial charge < -0.3 is 15.8 Å². The Kier molecular flexibility index (Phi) is 7.65. The van der Waals surface area contributed by atoms with Gasteiger partial charge in [-0.25, -0.2) is 4.99 Å². The molecule has 0 radical (unpaired) electrons. The van der Waals surface area contributed by atoms with E-state index in [4.69, 9.17) is 10.5 Å². The van der Waals surface area contributed by atoms with E-state index in [1.807, 2.05) is 42.5 Å². The minimum atomic E-state index is 0.474. The van der Waals surface area contributed by atoms with E-state index < -0.39 is 0 Å². The van der Waals surface area contributed by atoms with E-state index in [-0.39, 0.29) is 0 Å². The molecule has 144 valence electrons. The molecule has 4 nitrogen and oxygen atoms in total. The summed E-state index contributed by atoms with van der Waals surface area (Å²) in [5.41, 5.74) is 10.7. The fourth-order valence-electron chi connectivity index (χ4n) is 2.89. The Balaban J connectivity index is 1.42. The molecule has 0 heterocycles. The molecule has 0 atom stereocenters. The molecule has 0 unspecified atom stereocenters. The van der Waals surface area contributed by atoms with Gasteiger partial charge in [-0.1, -0.05) is 84.9 Å². The second-order valence-corrected chi connectivity index (χ2v) is 6.66. The summed E-state index contributed by atoms with van der Waals surface area (Å²) in [7, 11) is 0. The van der Waals surface area contributed by atoms with Crippen LogP contribution in [-0.2, 0) is 30.9 Å². The van der Waals surface area contributed by atoms with Crippen LogP contribution in [0, 0.1) is 0 Å². The van der Waals surface area contributed by atoms with Gasteiger partial charge in [0.25, 0.3) is 0 Å². The summed E-state index contributed by atoms with van der Waals surface area (Å²) in [4.78, 5) is 4.44. The van der Waals surface area contributed by atoms with Crippen LogP contribution in [0.3, 0.4) is 0 Å². The molecule has 0 aliphatic heterocycles. The van der Waals surface area contributed by atoms with E-state index >= 15 is 0 Å². The van der Waals surface area contributed by atoms with Gasteiger partial charge in [-0.2, -0.15) is 0 Å². The largest absolute Gasteiger partial charge is 0.372 e. The molecule has 3 N–H and O–H groups in total. The minimum Gasteiger partial charge on any atom is -0.372 e. The van der Waals surface area contributed by atoms with Crippen LogP contribution in [0.15, 0.2) is 89.9 Å². The minimum absolute atomic E-state index is 0.474. The number of aliphatic imine (C=N–C) groups is 1. The van der Waals surface area contributed by atoms with E-state index in [1.54, 1.807) is 0 Å². The Morgan fingerprint density at radius 2 is 1.36 bits per heavy atom. The van der Waals surface area contributed by atoms with E-state index in [9.17, 15) is 0 Å². The first-order chi connectivity index (χ1) is 13.8. The maximum Gasteiger partial charge on any atom is 0.188 e. The highest BCUT2D eigenvalue weighted by Crippen LogP contribution is 2.10. The smallest absolute Gasteiger partial charge is 0.188 e. The number of hydrogen-bond acceptors (Lipinski definition) is 2. The number of nitrogens with two attached hydrogens (primary N) is 1. The molecule has 0 aliphatic rings. The highest BCUT2D eigenvalue weighted by atomic mass is 16.5. The second kappa shape index (κ2) is 10.9. The Morgan fingerprint density at radius 1 is 0.750 bits per heavy atom. The number of rotatable bonds is 9. The fourth-order valence-corrected chi connectivity index (χ4v) is 2.89. The molecule has 4 heteroatoms. The maximum absolute atomic E-state index is 5.98. The van der Waals surface area contributed by atoms with Crippen molar-refractivity contribution >= 4 is 5.96 Å². The van der Waals surface area contributed by atoms with Crippen molar-refractivity contribution in [1.29, 1.82) is 0 Å². The lowest BCUT2D eigenvalue weighted by molar-refractivity contribution is 0.107. The average Bonchev–Trinajstić information content (AvgIpc) is 2.74. The second-order valence-electron chi connectivity index (χ2n) is 6.66. The summed E-state index contributed by atoms with van der Waals surface area (Å²) < 4.78 is 5.81. The molecular formula is C24H27N3O. The third kappa shape index (κ3) is 6.89. The Labute approximate surface area is 167 Å². The molecule has 0 saturated heterocycles. The average molecular weight is 374 g/mol. The van der Waals surface area contributed by atoms with Crippen LogP contribution in [0.2, 0.25) is 0 Å². The van der Waals surface area contributed by atoms with Gasteiger partial charge in [-0.15, -0.1) is 0 Å². The first-order valence-electron chi connectivity index (χ1n) is 9.57. The van der Waals surface area contributed by atoms with Crippen LogP contribution in [0.5, 0.6) is 0 Å². The molecule has 3 aromatic carbocycles. The number of hydrogen-bond donors (Lipinski definition) is 2. The Hall–Kier alpha value is -3.11. The van der Waals surface area contributed by atoms with Gasteiger partial charge in [0.1, 0.15) is 0 Å². The van der Waals surface area contributed by atoms with Crippen LogP contribution in [0.25, 0.3) is 0 Å². The monoisotopic (exact) mass is 373 g/mol. The first kappa shape index (κ1) is 19.6. The maximum atomic E-state index is 5.98. The zero-order valence-corrected chi connectivity index (χ0v) is 16.1. The van der Waals surface area contributed by atoms with Crippen LogP contribution < -0.4 is 11.1 Å². The lowest BCUT2D eigenvalue weighted by Crippen LogP contribution is -2.33. The Bertz CT molecular complexity index is 863. The van der Waals surface area contributed by atoms with Gasteiger partial charge >= 0.3 is 0 Å². The van der Waals surface area contributed by atoms with Gasteiger partial charge in [0.2, 0.25) is 0 Å². The van der Waals surface area contributed by atoms with Crippen LogP contribution >= 0.6 is 0 Å². The highest BCUT2D eigenvalue weighted by molar-refractivity contribution is 5.77. The zero-order chi connectivity index (χ0) is 19.4. The molecule has 0 saturated carbocycles. The topological polar surface area (TPSA) is 59.6 Å². The summed E-state index contributed by atoms with van der Waals surface area (Å²) in [5, 5.41) is 3.17. The van der Waals surface area contributed by atoms with E-state index in [2.05, 4.69) is 52.8 Å². The molecule has 3 aromatic rings. The summed E-state index contributed by atoms with van der Waals surface area (Å²) in [6.45, 7) is 2.52. The quantitative estimate of drug-likeness (QED) is 0.439. The summed E-state index contributed by atoms with van der Waals surface area (Å²) in [5.74, 6) is 0.474. The van der Waals surface area contributed by atoms with Gasteiger partial charge in [-0.3, -0.25) is 0 Å². The molecular weight excluding hydrogens is 346 g/mol. The molecule has 0 fully saturated rings. The molecule has 0 amide bonds. The van der Waals surface area contributed by atoms with Crippen molar-refractivity contribution < 1.29 is 4.74 Å². The van der Waals surface area contributed by atoms with Crippen molar-refractivity contribution in [2.75, 3.05) is 6.54 Å². The molecule has 0 bridgehead atoms. The SMILES string of the molecule is NC(=NCc1cccc(COCc2ccccc2)c1)NCCc1ccccc1. The molecule has 28 heavy (non-hydrogen) atoms. The van der Waals surface area contributed by atoms with Crippen molar-refractivity contribution in [2.24, 2.45) is 10.7 Å². The van der Waals surface area contributed by atoms with Crippen LogP contribution in [0.4, 0.5) is 0 Å². The molecule has 0 spiro atoms. The number of benzene rings is 3. The third-order valence-corrected chi connectivity index (χ3v) is 4.37. The predicted octanol–water partition coefficient (Wildman–Crippen LogP) is 4.05. The van der Waals surface area contributed by atoms with Crippen LogP contribution in [-0.4, -0.2) is 12.5 Å². The predicted molar refractivity (Wildman–Crippen MR) is 115 cm³/mol. The van der Waals surface area contributed by atoms with Gasteiger partial charge in [0, 0.05) is 6.54 Å². The third-order valence-electron chi connectivity index (χ3n) is 4.37. The molecule has 0 aromatic heterocycles. The standard InChI is InChI=1S/C24H27N3O/c25-24(26-15-14-20-8-3-1-4-9-20)27-17-22-12-7-13-23(16-22)19-28-18-21-10-5-2-6-11-21/h1-13,16H,14-15,17-19H2,(H3,25,26,27). The fraction of sp³-hybridized carbons (Fsp3) is 0.208. The zero-order valence-electron chi connectivity index (χ0n) is 16.1. The van der Waals surface area contributed by atoms with Crippen molar-refractivity contribution in [2.45, 2.75) is 26.2 Å². The lowest BCUT2D eigenvalue weighted by Gasteiger charge is -2.07. The lowest BCUT2D eigenvalue weighted by atomic mass is 10.1. The van der Waals surface area contributed by atoms with E-state index in [0.717, 1.165) is 24.1 Å². The van der Waals surface area contributed by atoms with Crippen molar-refractivity contribution in [3.63, 3.8) is 0 Å². The van der Waals surface area contributed by atoms with Gasteiger partial charge in [0.15, 0.2) is 5.96 Å². The van der Waals surface area contributed by atoms with Crippen molar-refractivity contribution in [3.8, 4) is 0 Å². The number of guanidine groups is 1. The van der Waals surface area contributed by atoms with Crippen molar-refractivity contribution in [3.05, 3.63) is 107 Å². The van der Waals surface area contributed by atoms with E-state index in [1.165, 1.54) is 11.1 Å². The van der Waals surface area contributed by atoms with Crippen LogP contribution in [0.1, 0.15) is 22.3 Å². The number of ether oxygens (including phenoxy) is 1.